The SMILES string of the molecule is O=Cc1ccc(-c2ccc(-c3cc4c(cc3-c3ccc(-c5ccc(C=O)cc5)cc3)C3c5cc(-c6ccc(-c7ccc(C=O)cc7)cc6)c(-c6ccc(-c7ccc(C=O)cc7)cc6)cc5C4c4cc(-c5ccc(-c6ccc(C=O)cc6)cc5)c(-c5ccc(-c6ccc(C=O)cc6)cc5)cc43)cc2)cc1. The average Bonchev–Trinajstić information content (AvgIpc) is 0.687. The maximum atomic E-state index is 11.8. The lowest BCUT2D eigenvalue weighted by atomic mass is 9.59. The van der Waals surface area contributed by atoms with Crippen LogP contribution in [0.2, 0.25) is 0 Å². The second-order valence-corrected chi connectivity index (χ2v) is 26.8. The van der Waals surface area contributed by atoms with Crippen LogP contribution in [0.3, 0.4) is 0 Å². The molecule has 0 aromatic heterocycles. The van der Waals surface area contributed by atoms with Gasteiger partial charge in [-0.2, -0.15) is 0 Å². The second kappa shape index (κ2) is 27.1. The molecule has 0 aliphatic heterocycles. The smallest absolute Gasteiger partial charge is 0.150 e. The first kappa shape index (κ1) is 63.7. The molecule has 3 aliphatic carbocycles. The van der Waals surface area contributed by atoms with Crippen molar-refractivity contribution in [3.63, 3.8) is 0 Å². The van der Waals surface area contributed by atoms with E-state index in [4.69, 9.17) is 0 Å². The minimum Gasteiger partial charge on any atom is -0.298 e. The summed E-state index contributed by atoms with van der Waals surface area (Å²) in [6.07, 6.45) is 5.21. The van der Waals surface area contributed by atoms with E-state index in [1.54, 1.807) is 0 Å². The van der Waals surface area contributed by atoms with Gasteiger partial charge in [-0.05, 0) is 203 Å². The Hall–Kier alpha value is -13.7. The molecule has 15 aromatic carbocycles. The maximum absolute atomic E-state index is 11.8. The van der Waals surface area contributed by atoms with Crippen molar-refractivity contribution in [2.45, 2.75) is 11.8 Å². The summed E-state index contributed by atoms with van der Waals surface area (Å²) in [6, 6.07) is 114. The molecule has 0 N–H and O–H groups in total. The van der Waals surface area contributed by atoms with Crippen LogP contribution in [-0.4, -0.2) is 37.7 Å². The molecule has 0 fully saturated rings. The Morgan fingerprint density at radius 3 is 0.337 bits per heavy atom. The van der Waals surface area contributed by atoms with Gasteiger partial charge in [0.2, 0.25) is 0 Å². The molecule has 6 heteroatoms. The zero-order valence-electron chi connectivity index (χ0n) is 56.2. The van der Waals surface area contributed by atoms with Crippen molar-refractivity contribution in [2.75, 3.05) is 0 Å². The van der Waals surface area contributed by atoms with Crippen molar-refractivity contribution in [1.82, 2.24) is 0 Å². The number of carbonyl (C=O) groups is 6. The quantitative estimate of drug-likeness (QED) is 0.0793. The molecular formula is C98H62O6. The van der Waals surface area contributed by atoms with Gasteiger partial charge in [-0.15, -0.1) is 0 Å². The molecule has 0 heterocycles. The third kappa shape index (κ3) is 11.9. The minimum absolute atomic E-state index is 0.264. The van der Waals surface area contributed by atoms with E-state index >= 15 is 0 Å². The largest absolute Gasteiger partial charge is 0.298 e. The summed E-state index contributed by atoms with van der Waals surface area (Å²) in [6.45, 7) is 0. The molecular weight excluding hydrogens is 1270 g/mol. The highest BCUT2D eigenvalue weighted by molar-refractivity contribution is 5.95. The van der Waals surface area contributed by atoms with Gasteiger partial charge in [-0.3, -0.25) is 28.8 Å². The van der Waals surface area contributed by atoms with E-state index < -0.39 is 0 Å². The van der Waals surface area contributed by atoms with Crippen LogP contribution in [0.5, 0.6) is 0 Å². The van der Waals surface area contributed by atoms with E-state index in [0.29, 0.717) is 33.4 Å². The highest BCUT2D eigenvalue weighted by atomic mass is 16.1. The highest BCUT2D eigenvalue weighted by Gasteiger charge is 2.44. The fraction of sp³-hybridized carbons (Fsp3) is 0.0204. The third-order valence-electron chi connectivity index (χ3n) is 21.0. The number of rotatable bonds is 18. The van der Waals surface area contributed by atoms with E-state index in [9.17, 15) is 28.8 Å². The topological polar surface area (TPSA) is 102 Å². The van der Waals surface area contributed by atoms with Crippen LogP contribution in [0.4, 0.5) is 0 Å². The van der Waals surface area contributed by atoms with Gasteiger partial charge in [0.15, 0.2) is 0 Å². The fourth-order valence-electron chi connectivity index (χ4n) is 15.4. The molecule has 6 nitrogen and oxygen atoms in total. The van der Waals surface area contributed by atoms with Crippen molar-refractivity contribution in [3.8, 4) is 134 Å². The normalized spacial score (nSPS) is 13.0. The first-order valence-electron chi connectivity index (χ1n) is 34.7. The molecule has 0 radical (unpaired) electrons. The van der Waals surface area contributed by atoms with Crippen molar-refractivity contribution >= 4 is 37.7 Å². The predicted octanol–water partition coefficient (Wildman–Crippen LogP) is 23.6. The molecule has 490 valence electrons. The lowest BCUT2D eigenvalue weighted by Gasteiger charge is -2.44. The van der Waals surface area contributed by atoms with Crippen molar-refractivity contribution in [3.05, 3.63) is 394 Å². The fourth-order valence-corrected chi connectivity index (χ4v) is 15.4. The number of hydrogen-bond acceptors (Lipinski definition) is 6. The van der Waals surface area contributed by atoms with Gasteiger partial charge < -0.3 is 0 Å². The number of aldehydes is 6. The zero-order valence-corrected chi connectivity index (χ0v) is 56.2. The van der Waals surface area contributed by atoms with Crippen molar-refractivity contribution in [1.29, 1.82) is 0 Å². The summed E-state index contributed by atoms with van der Waals surface area (Å²) in [7, 11) is 0. The lowest BCUT2D eigenvalue weighted by molar-refractivity contribution is 0.111. The van der Waals surface area contributed by atoms with Crippen LogP contribution in [0.1, 0.15) is 107 Å². The van der Waals surface area contributed by atoms with Gasteiger partial charge in [-0.1, -0.05) is 291 Å². The molecule has 15 aromatic rings. The number of carbonyl (C=O) groups excluding carboxylic acids is 6. The Morgan fingerprint density at radius 1 is 0.135 bits per heavy atom. The molecule has 0 saturated heterocycles. The van der Waals surface area contributed by atoms with Gasteiger partial charge in [0.25, 0.3) is 0 Å². The van der Waals surface area contributed by atoms with E-state index in [1.165, 1.54) is 33.4 Å². The number of hydrogen-bond donors (Lipinski definition) is 0. The Bertz CT molecular complexity index is 4890. The van der Waals surface area contributed by atoms with E-state index in [-0.39, 0.29) is 11.8 Å². The van der Waals surface area contributed by atoms with E-state index in [1.807, 2.05) is 146 Å². The van der Waals surface area contributed by atoms with Crippen molar-refractivity contribution < 1.29 is 28.8 Å². The predicted molar refractivity (Wildman–Crippen MR) is 419 cm³/mol. The Labute approximate surface area is 602 Å². The van der Waals surface area contributed by atoms with Crippen LogP contribution in [0.25, 0.3) is 134 Å². The van der Waals surface area contributed by atoms with Gasteiger partial charge in [0.1, 0.15) is 37.7 Å². The molecule has 0 saturated carbocycles. The lowest BCUT2D eigenvalue weighted by Crippen LogP contribution is -2.28. The third-order valence-corrected chi connectivity index (χ3v) is 21.0. The minimum atomic E-state index is -0.264. The standard InChI is InChI=1S/C98H62O6/c99-55-61-1-13-67(14-2-61)73-25-37-79(38-26-73)85-49-91-92(50-86(85)80-39-27-74(28-40-80)68-15-3-62(56-100)4-16-68)98-95-53-89(83-45-33-77(34-46-83)71-21-9-65(59-103)10-22-71)87(81-41-29-75(30-42-81)69-17-5-63(57-101)6-18-69)51-93(95)97(91)94-52-88(82-43-31-76(32-44-82)70-19-7-64(58-102)8-20-70)90(54-96(94)98)84-47-35-78(36-48-84)72-23-11-66(60-104)12-24-72/h1-60,97-98H. The van der Waals surface area contributed by atoms with Gasteiger partial charge in [0, 0.05) is 45.2 Å². The van der Waals surface area contributed by atoms with Crippen LogP contribution in [0, 0.1) is 0 Å². The summed E-state index contributed by atoms with van der Waals surface area (Å²) in [4.78, 5) is 70.5. The van der Waals surface area contributed by atoms with Gasteiger partial charge in [0.05, 0.1) is 0 Å². The van der Waals surface area contributed by atoms with Gasteiger partial charge >= 0.3 is 0 Å². The summed E-state index contributed by atoms with van der Waals surface area (Å²) < 4.78 is 0. The first-order valence-corrected chi connectivity index (χ1v) is 34.7. The summed E-state index contributed by atoms with van der Waals surface area (Å²) in [5, 5.41) is 0. The second-order valence-electron chi connectivity index (χ2n) is 26.8. The molecule has 18 rings (SSSR count). The summed E-state index contributed by atoms with van der Waals surface area (Å²) in [5.74, 6) is -0.527. The van der Waals surface area contributed by atoms with Crippen LogP contribution >= 0.6 is 0 Å². The molecule has 3 aliphatic rings. The Morgan fingerprint density at radius 2 is 0.231 bits per heavy atom. The highest BCUT2D eigenvalue weighted by Crippen LogP contribution is 2.61. The van der Waals surface area contributed by atoms with Gasteiger partial charge in [-0.25, -0.2) is 0 Å². The van der Waals surface area contributed by atoms with E-state index in [2.05, 4.69) is 182 Å². The van der Waals surface area contributed by atoms with Crippen molar-refractivity contribution in [2.24, 2.45) is 0 Å². The zero-order chi connectivity index (χ0) is 70.4. The summed E-state index contributed by atoms with van der Waals surface area (Å²) in [5.41, 5.74) is 36.0. The Balaban J connectivity index is 0.903. The first-order chi connectivity index (χ1) is 51.2. The van der Waals surface area contributed by atoms with Crippen LogP contribution in [0.15, 0.2) is 328 Å². The molecule has 2 bridgehead atoms. The maximum Gasteiger partial charge on any atom is 0.150 e. The molecule has 0 atom stereocenters. The van der Waals surface area contributed by atoms with Crippen LogP contribution < -0.4 is 0 Å². The molecule has 104 heavy (non-hydrogen) atoms. The molecule has 0 spiro atoms. The summed E-state index contributed by atoms with van der Waals surface area (Å²) >= 11 is 0. The Kier molecular flexibility index (Phi) is 16.6. The monoisotopic (exact) mass is 1330 g/mol. The molecule has 0 amide bonds. The van der Waals surface area contributed by atoms with E-state index in [0.717, 1.165) is 171 Å². The number of benzene rings is 15. The van der Waals surface area contributed by atoms with Crippen LogP contribution in [-0.2, 0) is 0 Å². The molecule has 0 unspecified atom stereocenters. The average molecular weight is 1340 g/mol.